The molecule has 1 aromatic heterocycles. The maximum Gasteiger partial charge on any atom is 0.124 e. The van der Waals surface area contributed by atoms with Gasteiger partial charge in [0.1, 0.15) is 5.75 Å². The molecule has 0 aliphatic heterocycles. The van der Waals surface area contributed by atoms with Gasteiger partial charge in [0.15, 0.2) is 0 Å². The Labute approximate surface area is 138 Å². The van der Waals surface area contributed by atoms with Gasteiger partial charge in [0.05, 0.1) is 12.6 Å². The van der Waals surface area contributed by atoms with Crippen LogP contribution in [0, 0.1) is 0 Å². The zero-order valence-corrected chi connectivity index (χ0v) is 14.8. The van der Waals surface area contributed by atoms with Crippen LogP contribution < -0.4 is 10.5 Å². The minimum Gasteiger partial charge on any atom is -0.494 e. The van der Waals surface area contributed by atoms with Crippen molar-refractivity contribution < 1.29 is 4.74 Å². The molecule has 0 radical (unpaired) electrons. The zero-order valence-electron chi connectivity index (χ0n) is 12.4. The number of ether oxygens (including phenoxy) is 1. The standard InChI is InChI=1S/C16H21BrN2OS/c1-3-20-16-7-5-4-6-14(16)15(9-18)19(2)10-13-8-12(17)11-21-13/h4-8,11,15H,3,9-10,18H2,1-2H3. The number of nitrogens with two attached hydrogens (primary N) is 1. The van der Waals surface area contributed by atoms with Gasteiger partial charge in [-0.25, -0.2) is 0 Å². The van der Waals surface area contributed by atoms with E-state index in [9.17, 15) is 0 Å². The van der Waals surface area contributed by atoms with E-state index in [1.165, 1.54) is 4.88 Å². The number of thiophene rings is 1. The number of rotatable bonds is 7. The number of benzene rings is 1. The van der Waals surface area contributed by atoms with Crippen LogP contribution in [0.3, 0.4) is 0 Å². The van der Waals surface area contributed by atoms with Crippen molar-refractivity contribution in [3.8, 4) is 5.75 Å². The smallest absolute Gasteiger partial charge is 0.124 e. The molecule has 1 unspecified atom stereocenters. The fraction of sp³-hybridized carbons (Fsp3) is 0.375. The average Bonchev–Trinajstić information content (AvgIpc) is 2.87. The second-order valence-corrected chi connectivity index (χ2v) is 6.78. The lowest BCUT2D eigenvalue weighted by Gasteiger charge is -2.28. The normalized spacial score (nSPS) is 12.6. The molecule has 2 aromatic rings. The summed E-state index contributed by atoms with van der Waals surface area (Å²) < 4.78 is 6.87. The van der Waals surface area contributed by atoms with E-state index in [-0.39, 0.29) is 6.04 Å². The summed E-state index contributed by atoms with van der Waals surface area (Å²) in [4.78, 5) is 3.59. The minimum atomic E-state index is 0.147. The van der Waals surface area contributed by atoms with E-state index in [0.29, 0.717) is 13.2 Å². The Morgan fingerprint density at radius 2 is 2.14 bits per heavy atom. The van der Waals surface area contributed by atoms with Crippen molar-refractivity contribution in [3.05, 3.63) is 50.6 Å². The molecule has 0 aliphatic rings. The lowest BCUT2D eigenvalue weighted by atomic mass is 10.0. The van der Waals surface area contributed by atoms with Gasteiger partial charge in [-0.3, -0.25) is 4.90 Å². The van der Waals surface area contributed by atoms with E-state index < -0.39 is 0 Å². The largest absolute Gasteiger partial charge is 0.494 e. The molecular formula is C16H21BrN2OS. The van der Waals surface area contributed by atoms with Gasteiger partial charge in [0.25, 0.3) is 0 Å². The van der Waals surface area contributed by atoms with E-state index in [1.54, 1.807) is 11.3 Å². The molecule has 0 saturated heterocycles. The van der Waals surface area contributed by atoms with Crippen LogP contribution >= 0.6 is 27.3 Å². The molecule has 0 spiro atoms. The molecule has 1 atom stereocenters. The summed E-state index contributed by atoms with van der Waals surface area (Å²) in [5.74, 6) is 0.926. The van der Waals surface area contributed by atoms with Crippen molar-refractivity contribution in [2.45, 2.75) is 19.5 Å². The number of likely N-dealkylation sites (N-methyl/N-ethyl adjacent to an activating group) is 1. The molecule has 3 nitrogen and oxygen atoms in total. The fourth-order valence-corrected chi connectivity index (χ4v) is 3.89. The Hall–Kier alpha value is -0.880. The molecule has 0 fully saturated rings. The predicted molar refractivity (Wildman–Crippen MR) is 92.9 cm³/mol. The van der Waals surface area contributed by atoms with Gasteiger partial charge >= 0.3 is 0 Å². The van der Waals surface area contributed by atoms with Gasteiger partial charge in [-0.1, -0.05) is 18.2 Å². The number of hydrogen-bond acceptors (Lipinski definition) is 4. The quantitative estimate of drug-likeness (QED) is 0.801. The Morgan fingerprint density at radius 1 is 1.38 bits per heavy atom. The van der Waals surface area contributed by atoms with Gasteiger partial charge in [0, 0.05) is 33.4 Å². The molecule has 0 saturated carbocycles. The first-order chi connectivity index (χ1) is 10.2. The van der Waals surface area contributed by atoms with Crippen molar-refractivity contribution in [3.63, 3.8) is 0 Å². The molecule has 0 bridgehead atoms. The van der Waals surface area contributed by atoms with Gasteiger partial charge < -0.3 is 10.5 Å². The van der Waals surface area contributed by atoms with E-state index in [4.69, 9.17) is 10.5 Å². The van der Waals surface area contributed by atoms with Crippen LogP contribution in [0.5, 0.6) is 5.75 Å². The van der Waals surface area contributed by atoms with Crippen LogP contribution in [-0.2, 0) is 6.54 Å². The van der Waals surface area contributed by atoms with Crippen LogP contribution in [-0.4, -0.2) is 25.1 Å². The highest BCUT2D eigenvalue weighted by Gasteiger charge is 2.19. The second-order valence-electron chi connectivity index (χ2n) is 4.87. The van der Waals surface area contributed by atoms with Crippen LogP contribution in [0.25, 0.3) is 0 Å². The molecular weight excluding hydrogens is 348 g/mol. The van der Waals surface area contributed by atoms with Crippen molar-refractivity contribution in [1.29, 1.82) is 0 Å². The molecule has 5 heteroatoms. The molecule has 1 aromatic carbocycles. The lowest BCUT2D eigenvalue weighted by Crippen LogP contribution is -2.30. The highest BCUT2D eigenvalue weighted by molar-refractivity contribution is 9.10. The van der Waals surface area contributed by atoms with Crippen LogP contribution in [0.15, 0.2) is 40.2 Å². The first kappa shape index (κ1) is 16.5. The predicted octanol–water partition coefficient (Wildman–Crippen LogP) is 4.04. The number of para-hydroxylation sites is 1. The SMILES string of the molecule is CCOc1ccccc1C(CN)N(C)Cc1cc(Br)cs1. The zero-order chi connectivity index (χ0) is 15.2. The number of halogens is 1. The molecule has 2 N–H and O–H groups in total. The fourth-order valence-electron chi connectivity index (χ4n) is 2.38. The van der Waals surface area contributed by atoms with Crippen molar-refractivity contribution >= 4 is 27.3 Å². The summed E-state index contributed by atoms with van der Waals surface area (Å²) >= 11 is 5.26. The minimum absolute atomic E-state index is 0.147. The van der Waals surface area contributed by atoms with Gasteiger partial charge in [-0.2, -0.15) is 0 Å². The van der Waals surface area contributed by atoms with Gasteiger partial charge in [-0.05, 0) is 42.0 Å². The monoisotopic (exact) mass is 368 g/mol. The molecule has 0 amide bonds. The van der Waals surface area contributed by atoms with Gasteiger partial charge in [-0.15, -0.1) is 11.3 Å². The Bertz CT molecular complexity index is 573. The van der Waals surface area contributed by atoms with Gasteiger partial charge in [0.2, 0.25) is 0 Å². The Kier molecular flexibility index (Phi) is 6.23. The number of hydrogen-bond donors (Lipinski definition) is 1. The summed E-state index contributed by atoms with van der Waals surface area (Å²) in [6.45, 7) is 4.10. The molecule has 114 valence electrons. The van der Waals surface area contributed by atoms with Crippen molar-refractivity contribution in [2.24, 2.45) is 5.73 Å². The summed E-state index contributed by atoms with van der Waals surface area (Å²) in [6, 6.07) is 10.5. The summed E-state index contributed by atoms with van der Waals surface area (Å²) in [5, 5.41) is 2.11. The molecule has 21 heavy (non-hydrogen) atoms. The van der Waals surface area contributed by atoms with E-state index in [1.807, 2.05) is 25.1 Å². The molecule has 1 heterocycles. The highest BCUT2D eigenvalue weighted by atomic mass is 79.9. The van der Waals surface area contributed by atoms with E-state index in [2.05, 4.69) is 45.4 Å². The summed E-state index contributed by atoms with van der Waals surface area (Å²) in [5.41, 5.74) is 7.18. The molecule has 2 rings (SSSR count). The maximum absolute atomic E-state index is 6.03. The van der Waals surface area contributed by atoms with E-state index >= 15 is 0 Å². The average molecular weight is 369 g/mol. The Balaban J connectivity index is 2.18. The van der Waals surface area contributed by atoms with E-state index in [0.717, 1.165) is 22.3 Å². The van der Waals surface area contributed by atoms with Crippen LogP contribution in [0.2, 0.25) is 0 Å². The van der Waals surface area contributed by atoms with Crippen LogP contribution in [0.4, 0.5) is 0 Å². The third-order valence-electron chi connectivity index (χ3n) is 3.36. The second kappa shape index (κ2) is 7.94. The van der Waals surface area contributed by atoms with Crippen LogP contribution in [0.1, 0.15) is 23.4 Å². The maximum atomic E-state index is 6.03. The third kappa shape index (κ3) is 4.30. The summed E-state index contributed by atoms with van der Waals surface area (Å²) in [7, 11) is 2.11. The first-order valence-electron chi connectivity index (χ1n) is 7.00. The van der Waals surface area contributed by atoms with Crippen molar-refractivity contribution in [1.82, 2.24) is 4.90 Å². The number of nitrogens with zero attached hydrogens (tertiary/aromatic N) is 1. The third-order valence-corrected chi connectivity index (χ3v) is 5.04. The molecule has 0 aliphatic carbocycles. The first-order valence-corrected chi connectivity index (χ1v) is 8.68. The summed E-state index contributed by atoms with van der Waals surface area (Å²) in [6.07, 6.45) is 0. The van der Waals surface area contributed by atoms with Crippen molar-refractivity contribution in [2.75, 3.05) is 20.2 Å². The topological polar surface area (TPSA) is 38.5 Å². The Morgan fingerprint density at radius 3 is 2.76 bits per heavy atom. The lowest BCUT2D eigenvalue weighted by molar-refractivity contribution is 0.234. The highest BCUT2D eigenvalue weighted by Crippen LogP contribution is 2.30.